The fourth-order valence-corrected chi connectivity index (χ4v) is 2.64. The van der Waals surface area contributed by atoms with Crippen LogP contribution in [0.1, 0.15) is 29.7 Å². The molecule has 100 valence electrons. The van der Waals surface area contributed by atoms with Crippen molar-refractivity contribution in [3.8, 4) is 0 Å². The van der Waals surface area contributed by atoms with Gasteiger partial charge in [0.05, 0.1) is 6.04 Å². The van der Waals surface area contributed by atoms with E-state index in [0.29, 0.717) is 10.0 Å². The molecule has 0 aliphatic carbocycles. The fourth-order valence-electron chi connectivity index (χ4n) is 2.23. The third-order valence-electron chi connectivity index (χ3n) is 3.19. The standard InChI is InChI=1S/C15H16Cl2N2/c1-3-10-9-19-7-6-12(10)15(18-2)13-8-11(16)4-5-14(13)17/h4-9,15,18H,3H2,1-2H3. The number of halogens is 2. The normalized spacial score (nSPS) is 12.4. The maximum atomic E-state index is 6.30. The topological polar surface area (TPSA) is 24.9 Å². The van der Waals surface area contributed by atoms with Crippen molar-refractivity contribution >= 4 is 23.2 Å². The molecular weight excluding hydrogens is 279 g/mol. The third kappa shape index (κ3) is 3.08. The van der Waals surface area contributed by atoms with E-state index in [1.54, 1.807) is 12.3 Å². The summed E-state index contributed by atoms with van der Waals surface area (Å²) < 4.78 is 0. The summed E-state index contributed by atoms with van der Waals surface area (Å²) in [7, 11) is 1.92. The summed E-state index contributed by atoms with van der Waals surface area (Å²) in [5, 5.41) is 4.70. The van der Waals surface area contributed by atoms with Gasteiger partial charge in [0.2, 0.25) is 0 Å². The summed E-state index contributed by atoms with van der Waals surface area (Å²) >= 11 is 12.4. The van der Waals surface area contributed by atoms with Crippen molar-refractivity contribution in [3.05, 3.63) is 63.4 Å². The van der Waals surface area contributed by atoms with Crippen LogP contribution >= 0.6 is 23.2 Å². The van der Waals surface area contributed by atoms with E-state index in [9.17, 15) is 0 Å². The summed E-state index contributed by atoms with van der Waals surface area (Å²) in [4.78, 5) is 4.18. The van der Waals surface area contributed by atoms with Gasteiger partial charge >= 0.3 is 0 Å². The number of hydrogen-bond acceptors (Lipinski definition) is 2. The van der Waals surface area contributed by atoms with Crippen molar-refractivity contribution in [1.29, 1.82) is 0 Å². The first-order valence-corrected chi connectivity index (χ1v) is 6.98. The van der Waals surface area contributed by atoms with Gasteiger partial charge in [0.25, 0.3) is 0 Å². The molecule has 0 bridgehead atoms. The van der Waals surface area contributed by atoms with E-state index in [1.165, 1.54) is 11.1 Å². The molecule has 4 heteroatoms. The first kappa shape index (κ1) is 14.3. The first-order valence-electron chi connectivity index (χ1n) is 6.22. The Balaban J connectivity index is 2.53. The van der Waals surface area contributed by atoms with Crippen LogP contribution < -0.4 is 5.32 Å². The zero-order valence-electron chi connectivity index (χ0n) is 11.0. The number of nitrogens with one attached hydrogen (secondary N) is 1. The Morgan fingerprint density at radius 3 is 2.68 bits per heavy atom. The van der Waals surface area contributed by atoms with E-state index in [2.05, 4.69) is 17.2 Å². The van der Waals surface area contributed by atoms with Gasteiger partial charge in [-0.15, -0.1) is 0 Å². The molecule has 0 saturated carbocycles. The zero-order valence-corrected chi connectivity index (χ0v) is 12.5. The number of benzene rings is 1. The van der Waals surface area contributed by atoms with E-state index < -0.39 is 0 Å². The van der Waals surface area contributed by atoms with E-state index in [1.807, 2.05) is 31.4 Å². The molecule has 2 rings (SSSR count). The summed E-state index contributed by atoms with van der Waals surface area (Å²) in [5.74, 6) is 0. The van der Waals surface area contributed by atoms with Crippen LogP contribution in [-0.4, -0.2) is 12.0 Å². The number of nitrogens with zero attached hydrogens (tertiary/aromatic N) is 1. The monoisotopic (exact) mass is 294 g/mol. The van der Waals surface area contributed by atoms with Gasteiger partial charge in [-0.2, -0.15) is 0 Å². The van der Waals surface area contributed by atoms with Gasteiger partial charge < -0.3 is 5.32 Å². The Hall–Kier alpha value is -1.09. The van der Waals surface area contributed by atoms with Gasteiger partial charge in [0.15, 0.2) is 0 Å². The lowest BCUT2D eigenvalue weighted by atomic mass is 9.95. The fraction of sp³-hybridized carbons (Fsp3) is 0.267. The van der Waals surface area contributed by atoms with Gasteiger partial charge in [0, 0.05) is 22.4 Å². The molecule has 0 spiro atoms. The van der Waals surface area contributed by atoms with Crippen molar-refractivity contribution in [3.63, 3.8) is 0 Å². The SMILES string of the molecule is CCc1cnccc1C(NC)c1cc(Cl)ccc1Cl. The second kappa shape index (κ2) is 6.38. The Bertz CT molecular complexity index is 570. The molecule has 1 aromatic carbocycles. The second-order valence-corrected chi connectivity index (χ2v) is 5.16. The molecule has 0 radical (unpaired) electrons. The Labute approximate surface area is 123 Å². The molecule has 19 heavy (non-hydrogen) atoms. The highest BCUT2D eigenvalue weighted by molar-refractivity contribution is 6.33. The van der Waals surface area contributed by atoms with Crippen molar-refractivity contribution in [2.45, 2.75) is 19.4 Å². The zero-order chi connectivity index (χ0) is 13.8. The lowest BCUT2D eigenvalue weighted by Gasteiger charge is -2.21. The largest absolute Gasteiger partial charge is 0.309 e. The van der Waals surface area contributed by atoms with Crippen molar-refractivity contribution in [2.24, 2.45) is 0 Å². The van der Waals surface area contributed by atoms with Gasteiger partial charge in [0.1, 0.15) is 0 Å². The van der Waals surface area contributed by atoms with Gasteiger partial charge in [-0.1, -0.05) is 30.1 Å². The molecular formula is C15H16Cl2N2. The average Bonchev–Trinajstić information content (AvgIpc) is 2.44. The molecule has 0 amide bonds. The van der Waals surface area contributed by atoms with Crippen molar-refractivity contribution in [2.75, 3.05) is 7.05 Å². The Morgan fingerprint density at radius 1 is 1.21 bits per heavy atom. The van der Waals surface area contributed by atoms with E-state index in [4.69, 9.17) is 23.2 Å². The maximum Gasteiger partial charge on any atom is 0.0593 e. The van der Waals surface area contributed by atoms with Crippen molar-refractivity contribution in [1.82, 2.24) is 10.3 Å². The van der Waals surface area contributed by atoms with Crippen LogP contribution in [-0.2, 0) is 6.42 Å². The molecule has 0 fully saturated rings. The highest BCUT2D eigenvalue weighted by Gasteiger charge is 2.18. The molecule has 2 aromatic rings. The molecule has 1 aromatic heterocycles. The van der Waals surface area contributed by atoms with Crippen LogP contribution in [0.2, 0.25) is 10.0 Å². The number of rotatable bonds is 4. The number of aromatic nitrogens is 1. The van der Waals surface area contributed by atoms with Gasteiger partial charge in [-0.05, 0) is 54.4 Å². The molecule has 1 atom stereocenters. The minimum Gasteiger partial charge on any atom is -0.309 e. The summed E-state index contributed by atoms with van der Waals surface area (Å²) in [6.45, 7) is 2.12. The molecule has 0 aliphatic heterocycles. The summed E-state index contributed by atoms with van der Waals surface area (Å²) in [5.41, 5.74) is 3.37. The number of aryl methyl sites for hydroxylation is 1. The van der Waals surface area contributed by atoms with Gasteiger partial charge in [-0.3, -0.25) is 4.98 Å². The van der Waals surface area contributed by atoms with E-state index in [0.717, 1.165) is 12.0 Å². The third-order valence-corrected chi connectivity index (χ3v) is 3.77. The van der Waals surface area contributed by atoms with Crippen LogP contribution in [0, 0.1) is 0 Å². The number of hydrogen-bond donors (Lipinski definition) is 1. The molecule has 1 unspecified atom stereocenters. The molecule has 1 heterocycles. The predicted molar refractivity (Wildman–Crippen MR) is 81.0 cm³/mol. The van der Waals surface area contributed by atoms with Crippen LogP contribution in [0.3, 0.4) is 0 Å². The summed E-state index contributed by atoms with van der Waals surface area (Å²) in [6.07, 6.45) is 4.63. The maximum absolute atomic E-state index is 6.30. The Kier molecular flexibility index (Phi) is 4.81. The highest BCUT2D eigenvalue weighted by atomic mass is 35.5. The van der Waals surface area contributed by atoms with Crippen LogP contribution in [0.4, 0.5) is 0 Å². The molecule has 2 nitrogen and oxygen atoms in total. The van der Waals surface area contributed by atoms with Crippen molar-refractivity contribution < 1.29 is 0 Å². The van der Waals surface area contributed by atoms with Crippen LogP contribution in [0.15, 0.2) is 36.7 Å². The Morgan fingerprint density at radius 2 is 2.00 bits per heavy atom. The lowest BCUT2D eigenvalue weighted by molar-refractivity contribution is 0.682. The molecule has 0 saturated heterocycles. The predicted octanol–water partition coefficient (Wildman–Crippen LogP) is 4.26. The molecule has 0 aliphatic rings. The second-order valence-electron chi connectivity index (χ2n) is 4.32. The van der Waals surface area contributed by atoms with E-state index in [-0.39, 0.29) is 6.04 Å². The smallest absolute Gasteiger partial charge is 0.0593 e. The average molecular weight is 295 g/mol. The lowest BCUT2D eigenvalue weighted by Crippen LogP contribution is -2.19. The minimum atomic E-state index is 0.0177. The minimum absolute atomic E-state index is 0.0177. The van der Waals surface area contributed by atoms with Crippen LogP contribution in [0.5, 0.6) is 0 Å². The molecule has 1 N–H and O–H groups in total. The van der Waals surface area contributed by atoms with E-state index >= 15 is 0 Å². The quantitative estimate of drug-likeness (QED) is 0.911. The summed E-state index contributed by atoms with van der Waals surface area (Å²) in [6, 6.07) is 7.58. The highest BCUT2D eigenvalue weighted by Crippen LogP contribution is 2.31. The van der Waals surface area contributed by atoms with Gasteiger partial charge in [-0.25, -0.2) is 0 Å². The first-order chi connectivity index (χ1) is 9.17. The number of pyridine rings is 1. The van der Waals surface area contributed by atoms with Crippen LogP contribution in [0.25, 0.3) is 0 Å².